The lowest BCUT2D eigenvalue weighted by Gasteiger charge is -2.10. The highest BCUT2D eigenvalue weighted by molar-refractivity contribution is 5.57. The number of ether oxygens (including phenoxy) is 1. The van der Waals surface area contributed by atoms with Crippen molar-refractivity contribution in [3.63, 3.8) is 0 Å². The molecule has 0 spiro atoms. The van der Waals surface area contributed by atoms with Crippen LogP contribution >= 0.6 is 0 Å². The minimum atomic E-state index is -1.42. The second kappa shape index (κ2) is 4.75. The van der Waals surface area contributed by atoms with Crippen LogP contribution in [0.3, 0.4) is 0 Å². The van der Waals surface area contributed by atoms with E-state index in [-0.39, 0.29) is 0 Å². The molecule has 0 saturated carbocycles. The molecule has 6 heteroatoms. The lowest BCUT2D eigenvalue weighted by molar-refractivity contribution is -0.128. The van der Waals surface area contributed by atoms with Crippen molar-refractivity contribution >= 4 is 0 Å². The van der Waals surface area contributed by atoms with Crippen LogP contribution in [0.4, 0.5) is 0 Å². The third-order valence-corrected chi connectivity index (χ3v) is 3.12. The Balaban J connectivity index is 1.86. The molecular weight excluding hydrogens is 250 g/mol. The first-order chi connectivity index (χ1) is 9.16. The van der Waals surface area contributed by atoms with E-state index >= 15 is 0 Å². The van der Waals surface area contributed by atoms with Crippen LogP contribution in [0.5, 0.6) is 0 Å². The predicted octanol–water partition coefficient (Wildman–Crippen LogP) is 0.453. The van der Waals surface area contributed by atoms with Crippen LogP contribution < -0.4 is 0 Å². The smallest absolute Gasteiger partial charge is 0.184 e. The monoisotopic (exact) mass is 263 g/mol. The van der Waals surface area contributed by atoms with Gasteiger partial charge in [-0.15, -0.1) is 0 Å². The van der Waals surface area contributed by atoms with Crippen molar-refractivity contribution in [2.75, 3.05) is 0 Å². The average molecular weight is 263 g/mol. The third kappa shape index (κ3) is 2.15. The fraction of sp³-hybridized carbons (Fsp3) is 0.308. The zero-order chi connectivity index (χ0) is 13.4. The molecular formula is C13H13NO5. The van der Waals surface area contributed by atoms with Crippen LogP contribution in [-0.4, -0.2) is 39.0 Å². The van der Waals surface area contributed by atoms with E-state index in [0.29, 0.717) is 11.5 Å². The molecule has 3 N–H and O–H groups in total. The van der Waals surface area contributed by atoms with Gasteiger partial charge < -0.3 is 24.6 Å². The van der Waals surface area contributed by atoms with Gasteiger partial charge >= 0.3 is 0 Å². The molecule has 0 radical (unpaired) electrons. The van der Waals surface area contributed by atoms with Gasteiger partial charge in [0.05, 0.1) is 0 Å². The minimum Gasteiger partial charge on any atom is -0.387 e. The summed E-state index contributed by atoms with van der Waals surface area (Å²) in [5, 5.41) is 32.3. The zero-order valence-corrected chi connectivity index (χ0v) is 9.88. The van der Waals surface area contributed by atoms with Crippen molar-refractivity contribution in [3.8, 4) is 11.3 Å². The van der Waals surface area contributed by atoms with Crippen molar-refractivity contribution in [2.45, 2.75) is 24.6 Å². The van der Waals surface area contributed by atoms with Crippen LogP contribution in [0.1, 0.15) is 11.8 Å². The van der Waals surface area contributed by atoms with Gasteiger partial charge in [0, 0.05) is 11.6 Å². The topological polar surface area (TPSA) is 96.0 Å². The van der Waals surface area contributed by atoms with Gasteiger partial charge in [0.1, 0.15) is 24.0 Å². The van der Waals surface area contributed by atoms with Gasteiger partial charge in [-0.25, -0.2) is 0 Å². The van der Waals surface area contributed by atoms with Crippen molar-refractivity contribution in [2.24, 2.45) is 0 Å². The summed E-state index contributed by atoms with van der Waals surface area (Å²) < 4.78 is 10.2. The summed E-state index contributed by atoms with van der Waals surface area (Å²) in [6.45, 7) is 0. The van der Waals surface area contributed by atoms with Gasteiger partial charge in [0.2, 0.25) is 0 Å². The molecule has 1 aromatic carbocycles. The molecule has 2 heterocycles. The molecule has 0 bridgehead atoms. The van der Waals surface area contributed by atoms with E-state index < -0.39 is 24.6 Å². The maximum absolute atomic E-state index is 9.74. The summed E-state index contributed by atoms with van der Waals surface area (Å²) in [6, 6.07) is 11.0. The first kappa shape index (κ1) is 12.3. The molecule has 0 unspecified atom stereocenters. The fourth-order valence-corrected chi connectivity index (χ4v) is 2.07. The number of rotatable bonds is 2. The molecule has 1 aliphatic heterocycles. The Bertz CT molecular complexity index is 555. The Kier molecular flexibility index (Phi) is 3.08. The molecule has 1 aliphatic rings. The predicted molar refractivity (Wildman–Crippen MR) is 63.8 cm³/mol. The molecule has 4 atom stereocenters. The van der Waals surface area contributed by atoms with Crippen molar-refractivity contribution in [1.82, 2.24) is 5.16 Å². The van der Waals surface area contributed by atoms with Crippen molar-refractivity contribution in [3.05, 3.63) is 42.1 Å². The van der Waals surface area contributed by atoms with Crippen molar-refractivity contribution < 1.29 is 24.6 Å². The normalized spacial score (nSPS) is 30.7. The number of benzene rings is 1. The van der Waals surface area contributed by atoms with Crippen molar-refractivity contribution in [1.29, 1.82) is 0 Å². The number of aliphatic hydroxyl groups is 3. The minimum absolute atomic E-state index is 0.335. The molecule has 3 rings (SSSR count). The lowest BCUT2D eigenvalue weighted by Crippen LogP contribution is -2.30. The Morgan fingerprint density at radius 3 is 2.37 bits per heavy atom. The number of nitrogens with zero attached hydrogens (tertiary/aromatic N) is 1. The SMILES string of the molecule is O[C@@H]1[C@@H](O)[C@@H](c2cc(-c3ccccc3)on2)O[C@H]1O. The molecule has 1 aromatic heterocycles. The average Bonchev–Trinajstić information content (AvgIpc) is 3.01. The van der Waals surface area contributed by atoms with Gasteiger partial charge in [-0.05, 0) is 0 Å². The number of aromatic nitrogens is 1. The molecule has 19 heavy (non-hydrogen) atoms. The van der Waals surface area contributed by atoms with Gasteiger partial charge in [0.15, 0.2) is 12.1 Å². The summed E-state index contributed by atoms with van der Waals surface area (Å²) in [5.41, 5.74) is 1.18. The summed E-state index contributed by atoms with van der Waals surface area (Å²) in [5.74, 6) is 0.530. The Morgan fingerprint density at radius 2 is 1.74 bits per heavy atom. The zero-order valence-electron chi connectivity index (χ0n) is 9.88. The van der Waals surface area contributed by atoms with Gasteiger partial charge in [-0.2, -0.15) is 0 Å². The van der Waals surface area contributed by atoms with E-state index in [1.807, 2.05) is 30.3 Å². The van der Waals surface area contributed by atoms with Gasteiger partial charge in [-0.1, -0.05) is 35.5 Å². The summed E-state index contributed by atoms with van der Waals surface area (Å²) in [7, 11) is 0. The summed E-state index contributed by atoms with van der Waals surface area (Å²) in [4.78, 5) is 0. The van der Waals surface area contributed by atoms with Gasteiger partial charge in [0.25, 0.3) is 0 Å². The maximum Gasteiger partial charge on any atom is 0.184 e. The van der Waals surface area contributed by atoms with E-state index in [0.717, 1.165) is 5.56 Å². The van der Waals surface area contributed by atoms with E-state index in [9.17, 15) is 15.3 Å². The summed E-state index contributed by atoms with van der Waals surface area (Å²) in [6.07, 6.45) is -4.89. The Hall–Kier alpha value is -1.73. The van der Waals surface area contributed by atoms with E-state index in [2.05, 4.69) is 5.16 Å². The number of hydrogen-bond donors (Lipinski definition) is 3. The molecule has 0 amide bonds. The Morgan fingerprint density at radius 1 is 1.00 bits per heavy atom. The second-order valence-corrected chi connectivity index (χ2v) is 4.41. The first-order valence-electron chi connectivity index (χ1n) is 5.88. The van der Waals surface area contributed by atoms with Crippen LogP contribution in [0.2, 0.25) is 0 Å². The van der Waals surface area contributed by atoms with Gasteiger partial charge in [-0.3, -0.25) is 0 Å². The van der Waals surface area contributed by atoms with Crippen LogP contribution in [0, 0.1) is 0 Å². The standard InChI is InChI=1S/C13H13NO5/c15-10-11(16)13(17)18-12(10)8-6-9(19-14-8)7-4-2-1-3-5-7/h1-6,10-13,15-17H/t10-,11-,12-,13-/m1/s1. The van der Waals surface area contributed by atoms with E-state index in [4.69, 9.17) is 9.26 Å². The molecule has 6 nitrogen and oxygen atoms in total. The van der Waals surface area contributed by atoms with Crippen LogP contribution in [-0.2, 0) is 4.74 Å². The maximum atomic E-state index is 9.74. The number of aliphatic hydroxyl groups excluding tert-OH is 3. The molecule has 1 saturated heterocycles. The first-order valence-corrected chi connectivity index (χ1v) is 5.88. The molecule has 2 aromatic rings. The van der Waals surface area contributed by atoms with E-state index in [1.54, 1.807) is 6.07 Å². The molecule has 100 valence electrons. The summed E-state index contributed by atoms with van der Waals surface area (Å²) >= 11 is 0. The second-order valence-electron chi connectivity index (χ2n) is 4.41. The van der Waals surface area contributed by atoms with Crippen LogP contribution in [0.25, 0.3) is 11.3 Å². The highest BCUT2D eigenvalue weighted by Gasteiger charge is 2.44. The quantitative estimate of drug-likeness (QED) is 0.728. The molecule has 1 fully saturated rings. The largest absolute Gasteiger partial charge is 0.387 e. The highest BCUT2D eigenvalue weighted by Crippen LogP contribution is 2.33. The number of hydrogen-bond acceptors (Lipinski definition) is 6. The molecule has 0 aliphatic carbocycles. The Labute approximate surface area is 108 Å². The fourth-order valence-electron chi connectivity index (χ4n) is 2.07. The van der Waals surface area contributed by atoms with E-state index in [1.165, 1.54) is 0 Å². The third-order valence-electron chi connectivity index (χ3n) is 3.12. The van der Waals surface area contributed by atoms with Crippen LogP contribution in [0.15, 0.2) is 40.9 Å². The lowest BCUT2D eigenvalue weighted by atomic mass is 10.1. The highest BCUT2D eigenvalue weighted by atomic mass is 16.6.